The van der Waals surface area contributed by atoms with Crippen LogP contribution in [0, 0.1) is 5.82 Å². The summed E-state index contributed by atoms with van der Waals surface area (Å²) in [7, 11) is 1.84. The van der Waals surface area contributed by atoms with Gasteiger partial charge >= 0.3 is 0 Å². The van der Waals surface area contributed by atoms with E-state index in [1.807, 2.05) is 19.2 Å². The van der Waals surface area contributed by atoms with Gasteiger partial charge in [0, 0.05) is 4.88 Å². The van der Waals surface area contributed by atoms with E-state index in [4.69, 9.17) is 11.6 Å². The molecule has 1 nitrogen and oxygen atoms in total. The van der Waals surface area contributed by atoms with E-state index in [-0.39, 0.29) is 11.9 Å². The Kier molecular flexibility index (Phi) is 4.20. The number of nitrogens with one attached hydrogen (secondary N) is 1. The van der Waals surface area contributed by atoms with Crippen molar-refractivity contribution >= 4 is 38.9 Å². The molecule has 1 atom stereocenters. The van der Waals surface area contributed by atoms with Gasteiger partial charge in [0.05, 0.1) is 14.9 Å². The van der Waals surface area contributed by atoms with Crippen LogP contribution in [0.1, 0.15) is 16.5 Å². The topological polar surface area (TPSA) is 12.0 Å². The van der Waals surface area contributed by atoms with Gasteiger partial charge in [0.1, 0.15) is 5.82 Å². The fraction of sp³-hybridized carbons (Fsp3) is 0.167. The van der Waals surface area contributed by atoms with E-state index in [2.05, 4.69) is 21.2 Å². The van der Waals surface area contributed by atoms with Gasteiger partial charge in [0.25, 0.3) is 0 Å². The quantitative estimate of drug-likeness (QED) is 0.864. The van der Waals surface area contributed by atoms with Gasteiger partial charge in [-0.15, -0.1) is 11.3 Å². The zero-order valence-electron chi connectivity index (χ0n) is 9.01. The summed E-state index contributed by atoms with van der Waals surface area (Å²) in [6, 6.07) is 8.42. The Labute approximate surface area is 117 Å². The van der Waals surface area contributed by atoms with E-state index in [0.717, 1.165) is 14.2 Å². The summed E-state index contributed by atoms with van der Waals surface area (Å²) < 4.78 is 14.1. The predicted octanol–water partition coefficient (Wildman–Crippen LogP) is 4.61. The molecule has 90 valence electrons. The molecule has 5 heteroatoms. The second-order valence-electron chi connectivity index (χ2n) is 3.55. The average molecular weight is 335 g/mol. The molecule has 0 amide bonds. The van der Waals surface area contributed by atoms with Crippen LogP contribution >= 0.6 is 38.9 Å². The van der Waals surface area contributed by atoms with Gasteiger partial charge in [-0.3, -0.25) is 0 Å². The molecule has 1 unspecified atom stereocenters. The lowest BCUT2D eigenvalue weighted by atomic mass is 10.1. The Hall–Kier alpha value is -0.420. The first-order valence-corrected chi connectivity index (χ1v) is 6.98. The van der Waals surface area contributed by atoms with Crippen LogP contribution in [0.15, 0.2) is 34.1 Å². The van der Waals surface area contributed by atoms with Crippen LogP contribution in [0.5, 0.6) is 0 Å². The van der Waals surface area contributed by atoms with E-state index in [0.29, 0.717) is 5.02 Å². The predicted molar refractivity (Wildman–Crippen MR) is 74.3 cm³/mol. The highest BCUT2D eigenvalue weighted by Crippen LogP contribution is 2.37. The van der Waals surface area contributed by atoms with Crippen molar-refractivity contribution in [1.29, 1.82) is 0 Å². The number of hydrogen-bond donors (Lipinski definition) is 1. The molecule has 0 aliphatic carbocycles. The summed E-state index contributed by atoms with van der Waals surface area (Å²) in [5.74, 6) is -0.232. The minimum atomic E-state index is -0.232. The van der Waals surface area contributed by atoms with Crippen LogP contribution in [-0.4, -0.2) is 7.05 Å². The minimum Gasteiger partial charge on any atom is -0.309 e. The average Bonchev–Trinajstić information content (AvgIpc) is 2.60. The summed E-state index contributed by atoms with van der Waals surface area (Å²) in [6.45, 7) is 0. The van der Waals surface area contributed by atoms with Crippen molar-refractivity contribution < 1.29 is 4.39 Å². The standard InChI is InChI=1S/C12H10BrClFNS/c1-16-11(7-3-2-4-8(15)5-7)10-6-9(14)12(13)17-10/h2-6,11,16H,1H3. The fourth-order valence-electron chi connectivity index (χ4n) is 1.66. The number of hydrogen-bond acceptors (Lipinski definition) is 2. The second kappa shape index (κ2) is 5.48. The lowest BCUT2D eigenvalue weighted by molar-refractivity contribution is 0.618. The van der Waals surface area contributed by atoms with Crippen molar-refractivity contribution in [2.24, 2.45) is 0 Å². The molecule has 1 N–H and O–H groups in total. The van der Waals surface area contributed by atoms with Crippen LogP contribution in [0.2, 0.25) is 5.02 Å². The van der Waals surface area contributed by atoms with Crippen molar-refractivity contribution in [3.63, 3.8) is 0 Å². The SMILES string of the molecule is CNC(c1cccc(F)c1)c1cc(Cl)c(Br)s1. The van der Waals surface area contributed by atoms with Gasteiger partial charge in [-0.25, -0.2) is 4.39 Å². The molecule has 0 bridgehead atoms. The third kappa shape index (κ3) is 2.88. The normalized spacial score (nSPS) is 12.7. The lowest BCUT2D eigenvalue weighted by Crippen LogP contribution is -2.16. The molecule has 1 aromatic heterocycles. The van der Waals surface area contributed by atoms with Gasteiger partial charge in [-0.1, -0.05) is 23.7 Å². The Morgan fingerprint density at radius 3 is 2.71 bits per heavy atom. The van der Waals surface area contributed by atoms with E-state index < -0.39 is 0 Å². The number of benzene rings is 1. The van der Waals surface area contributed by atoms with Crippen LogP contribution < -0.4 is 5.32 Å². The molecule has 0 fully saturated rings. The Morgan fingerprint density at radius 2 is 2.18 bits per heavy atom. The molecule has 2 aromatic rings. The number of rotatable bonds is 3. The molecule has 2 rings (SSSR count). The first-order chi connectivity index (χ1) is 8.11. The number of thiophene rings is 1. The maximum Gasteiger partial charge on any atom is 0.123 e. The molecule has 1 aromatic carbocycles. The van der Waals surface area contributed by atoms with Crippen molar-refractivity contribution in [3.8, 4) is 0 Å². The lowest BCUT2D eigenvalue weighted by Gasteiger charge is -2.14. The first kappa shape index (κ1) is 13.0. The molecule has 1 heterocycles. The molecule has 0 saturated heterocycles. The molecule has 0 radical (unpaired) electrons. The largest absolute Gasteiger partial charge is 0.309 e. The maximum absolute atomic E-state index is 13.2. The van der Waals surface area contributed by atoms with Crippen molar-refractivity contribution in [2.45, 2.75) is 6.04 Å². The maximum atomic E-state index is 13.2. The number of halogens is 3. The van der Waals surface area contributed by atoms with E-state index in [1.54, 1.807) is 17.4 Å². The monoisotopic (exact) mass is 333 g/mol. The highest BCUT2D eigenvalue weighted by atomic mass is 79.9. The molecular weight excluding hydrogens is 325 g/mol. The van der Waals surface area contributed by atoms with Crippen molar-refractivity contribution in [3.05, 3.63) is 55.4 Å². The molecule has 17 heavy (non-hydrogen) atoms. The summed E-state index contributed by atoms with van der Waals surface area (Å²) in [5, 5.41) is 3.85. The zero-order valence-corrected chi connectivity index (χ0v) is 12.2. The van der Waals surface area contributed by atoms with Crippen LogP contribution in [0.3, 0.4) is 0 Å². The summed E-state index contributed by atoms with van der Waals surface area (Å²) in [4.78, 5) is 1.05. The highest BCUT2D eigenvalue weighted by molar-refractivity contribution is 9.11. The fourth-order valence-corrected chi connectivity index (χ4v) is 3.55. The van der Waals surface area contributed by atoms with Gasteiger partial charge in [-0.05, 0) is 46.7 Å². The van der Waals surface area contributed by atoms with Crippen LogP contribution in [0.25, 0.3) is 0 Å². The van der Waals surface area contributed by atoms with Crippen LogP contribution in [-0.2, 0) is 0 Å². The molecular formula is C12H10BrClFNS. The van der Waals surface area contributed by atoms with E-state index in [1.165, 1.54) is 12.1 Å². The first-order valence-electron chi connectivity index (χ1n) is 4.99. The van der Waals surface area contributed by atoms with Gasteiger partial charge in [0.2, 0.25) is 0 Å². The molecule has 0 spiro atoms. The summed E-state index contributed by atoms with van der Waals surface area (Å²) in [5.41, 5.74) is 0.887. The second-order valence-corrected chi connectivity index (χ2v) is 6.36. The molecule has 0 saturated carbocycles. The third-order valence-electron chi connectivity index (χ3n) is 2.42. The van der Waals surface area contributed by atoms with Crippen molar-refractivity contribution in [1.82, 2.24) is 5.32 Å². The Morgan fingerprint density at radius 1 is 1.41 bits per heavy atom. The third-order valence-corrected chi connectivity index (χ3v) is 4.96. The Bertz CT molecular complexity index is 509. The smallest absolute Gasteiger partial charge is 0.123 e. The molecule has 0 aliphatic rings. The van der Waals surface area contributed by atoms with Crippen LogP contribution in [0.4, 0.5) is 4.39 Å². The van der Waals surface area contributed by atoms with E-state index in [9.17, 15) is 4.39 Å². The van der Waals surface area contributed by atoms with Crippen molar-refractivity contribution in [2.75, 3.05) is 7.05 Å². The van der Waals surface area contributed by atoms with E-state index >= 15 is 0 Å². The van der Waals surface area contributed by atoms with Gasteiger partial charge in [-0.2, -0.15) is 0 Å². The summed E-state index contributed by atoms with van der Waals surface area (Å²) >= 11 is 10.9. The Balaban J connectivity index is 2.39. The van der Waals surface area contributed by atoms with Gasteiger partial charge < -0.3 is 5.32 Å². The van der Waals surface area contributed by atoms with Gasteiger partial charge in [0.15, 0.2) is 0 Å². The molecule has 0 aliphatic heterocycles. The highest BCUT2D eigenvalue weighted by Gasteiger charge is 2.16. The minimum absolute atomic E-state index is 0.0421. The zero-order chi connectivity index (χ0) is 12.4. The summed E-state index contributed by atoms with van der Waals surface area (Å²) in [6.07, 6.45) is 0.